The van der Waals surface area contributed by atoms with Crippen molar-refractivity contribution in [3.8, 4) is 0 Å². The van der Waals surface area contributed by atoms with E-state index in [-0.39, 0.29) is 0 Å². The lowest BCUT2D eigenvalue weighted by atomic mass is 9.77. The van der Waals surface area contributed by atoms with Gasteiger partial charge in [0.2, 0.25) is 0 Å². The first-order valence-corrected chi connectivity index (χ1v) is 9.36. The molecule has 22 heavy (non-hydrogen) atoms. The van der Waals surface area contributed by atoms with Crippen LogP contribution in [0, 0.1) is 35.5 Å². The molecule has 2 aliphatic rings. The average molecular weight is 304 g/mol. The Bertz CT molecular complexity index is 425. The van der Waals surface area contributed by atoms with Crippen LogP contribution in [0.15, 0.2) is 23.3 Å². The van der Waals surface area contributed by atoms with E-state index in [2.05, 4.69) is 66.1 Å². The number of hydrogen-bond acceptors (Lipinski definition) is 1. The van der Waals surface area contributed by atoms with Crippen LogP contribution in [-0.2, 0) is 0 Å². The van der Waals surface area contributed by atoms with Crippen molar-refractivity contribution >= 4 is 0 Å². The van der Waals surface area contributed by atoms with Crippen molar-refractivity contribution in [2.75, 3.05) is 7.05 Å². The van der Waals surface area contributed by atoms with Gasteiger partial charge in [0.1, 0.15) is 0 Å². The first kappa shape index (κ1) is 17.8. The van der Waals surface area contributed by atoms with E-state index in [9.17, 15) is 0 Å². The van der Waals surface area contributed by atoms with Gasteiger partial charge in [0, 0.05) is 6.04 Å². The van der Waals surface area contributed by atoms with E-state index in [1.165, 1.54) is 24.8 Å². The van der Waals surface area contributed by atoms with Crippen LogP contribution in [0.2, 0.25) is 0 Å². The van der Waals surface area contributed by atoms with Gasteiger partial charge in [0.05, 0.1) is 0 Å². The molecule has 0 heterocycles. The standard InChI is InChI=1S/C21H37N/c1-13-8-14(2)10-20(15(3)9-13)16(4)11-19(22-7)12-21-17(5)18(21)6/h8-9,15-22H,10-12H2,1-7H3/t15?,16?,17-,18+,19-,20?,21?/m1/s1. The van der Waals surface area contributed by atoms with E-state index in [0.717, 1.165) is 29.6 Å². The van der Waals surface area contributed by atoms with Gasteiger partial charge in [-0.25, -0.2) is 0 Å². The summed E-state index contributed by atoms with van der Waals surface area (Å²) in [7, 11) is 2.15. The molecule has 0 bridgehead atoms. The second-order valence-electron chi connectivity index (χ2n) is 8.44. The lowest BCUT2D eigenvalue weighted by Gasteiger charge is -2.31. The molecular weight excluding hydrogens is 266 g/mol. The number of rotatable bonds is 6. The molecule has 0 aromatic heterocycles. The molecule has 1 heteroatoms. The fraction of sp³-hybridized carbons (Fsp3) is 0.810. The molecule has 126 valence electrons. The Morgan fingerprint density at radius 1 is 1.18 bits per heavy atom. The largest absolute Gasteiger partial charge is 0.317 e. The van der Waals surface area contributed by atoms with Crippen LogP contribution in [0.1, 0.15) is 60.8 Å². The van der Waals surface area contributed by atoms with Gasteiger partial charge in [-0.15, -0.1) is 0 Å². The normalized spacial score (nSPS) is 37.9. The van der Waals surface area contributed by atoms with Crippen molar-refractivity contribution in [2.45, 2.75) is 66.8 Å². The third-order valence-electron chi connectivity index (χ3n) is 6.62. The fourth-order valence-corrected chi connectivity index (χ4v) is 4.79. The second kappa shape index (κ2) is 7.34. The summed E-state index contributed by atoms with van der Waals surface area (Å²) in [6.07, 6.45) is 8.82. The van der Waals surface area contributed by atoms with Crippen molar-refractivity contribution in [1.82, 2.24) is 5.32 Å². The molecule has 0 saturated heterocycles. The van der Waals surface area contributed by atoms with E-state index in [1.54, 1.807) is 5.57 Å². The third-order valence-corrected chi connectivity index (χ3v) is 6.62. The molecule has 1 nitrogen and oxygen atoms in total. The highest BCUT2D eigenvalue weighted by Gasteiger charge is 2.43. The smallest absolute Gasteiger partial charge is 0.00695 e. The molecule has 0 spiro atoms. The van der Waals surface area contributed by atoms with Crippen molar-refractivity contribution < 1.29 is 0 Å². The maximum Gasteiger partial charge on any atom is 0.00695 e. The van der Waals surface area contributed by atoms with Crippen LogP contribution in [0.5, 0.6) is 0 Å². The zero-order valence-electron chi connectivity index (χ0n) is 15.8. The molecule has 0 aliphatic heterocycles. The van der Waals surface area contributed by atoms with Gasteiger partial charge in [0.25, 0.3) is 0 Å². The van der Waals surface area contributed by atoms with Crippen molar-refractivity contribution in [3.63, 3.8) is 0 Å². The summed E-state index contributed by atoms with van der Waals surface area (Å²) < 4.78 is 0. The summed E-state index contributed by atoms with van der Waals surface area (Å²) in [4.78, 5) is 0. The minimum atomic E-state index is 0.692. The van der Waals surface area contributed by atoms with Crippen LogP contribution in [-0.4, -0.2) is 13.1 Å². The Labute approximate surface area is 138 Å². The Balaban J connectivity index is 1.94. The maximum atomic E-state index is 3.60. The summed E-state index contributed by atoms with van der Waals surface area (Å²) in [5.41, 5.74) is 3.01. The van der Waals surface area contributed by atoms with Crippen LogP contribution in [0.25, 0.3) is 0 Å². The van der Waals surface area contributed by atoms with Gasteiger partial charge in [-0.2, -0.15) is 0 Å². The summed E-state index contributed by atoms with van der Waals surface area (Å²) >= 11 is 0. The lowest BCUT2D eigenvalue weighted by Crippen LogP contribution is -2.31. The van der Waals surface area contributed by atoms with Gasteiger partial charge in [-0.1, -0.05) is 51.0 Å². The molecule has 0 aromatic rings. The van der Waals surface area contributed by atoms with Gasteiger partial charge in [-0.3, -0.25) is 0 Å². The molecule has 1 N–H and O–H groups in total. The summed E-state index contributed by atoms with van der Waals surface area (Å²) in [6.45, 7) is 14.3. The Kier molecular flexibility index (Phi) is 5.94. The molecule has 0 amide bonds. The number of allylic oxidation sites excluding steroid dienone is 4. The minimum Gasteiger partial charge on any atom is -0.317 e. The molecule has 2 rings (SSSR count). The van der Waals surface area contributed by atoms with Crippen LogP contribution < -0.4 is 5.32 Å². The first-order chi connectivity index (χ1) is 10.3. The van der Waals surface area contributed by atoms with E-state index in [0.29, 0.717) is 12.0 Å². The molecule has 4 unspecified atom stereocenters. The lowest BCUT2D eigenvalue weighted by molar-refractivity contribution is 0.246. The average Bonchev–Trinajstić information content (AvgIpc) is 3.04. The molecule has 2 aliphatic carbocycles. The highest BCUT2D eigenvalue weighted by Crippen LogP contribution is 2.49. The maximum absolute atomic E-state index is 3.60. The van der Waals surface area contributed by atoms with Crippen LogP contribution >= 0.6 is 0 Å². The van der Waals surface area contributed by atoms with Gasteiger partial charge < -0.3 is 5.32 Å². The van der Waals surface area contributed by atoms with Crippen molar-refractivity contribution in [1.29, 1.82) is 0 Å². The Morgan fingerprint density at radius 2 is 1.82 bits per heavy atom. The van der Waals surface area contributed by atoms with Crippen molar-refractivity contribution in [2.24, 2.45) is 35.5 Å². The molecule has 1 saturated carbocycles. The molecular formula is C21H37N. The summed E-state index contributed by atoms with van der Waals surface area (Å²) in [6, 6.07) is 0.692. The topological polar surface area (TPSA) is 12.0 Å². The SMILES string of the molecule is CN[C@H](CC(C)C1CC(C)=CC(C)=CC1C)CC1[C@@H](C)[C@H]1C. The zero-order chi connectivity index (χ0) is 16.4. The third kappa shape index (κ3) is 4.25. The van der Waals surface area contributed by atoms with Crippen LogP contribution in [0.4, 0.5) is 0 Å². The number of nitrogens with one attached hydrogen (secondary N) is 1. The van der Waals surface area contributed by atoms with E-state index in [1.807, 2.05) is 0 Å². The number of hydrogen-bond donors (Lipinski definition) is 1. The molecule has 0 radical (unpaired) electrons. The zero-order valence-corrected chi connectivity index (χ0v) is 15.8. The van der Waals surface area contributed by atoms with E-state index < -0.39 is 0 Å². The Morgan fingerprint density at radius 3 is 2.36 bits per heavy atom. The monoisotopic (exact) mass is 303 g/mol. The molecule has 7 atom stereocenters. The highest BCUT2D eigenvalue weighted by atomic mass is 14.9. The predicted molar refractivity (Wildman–Crippen MR) is 97.8 cm³/mol. The Hall–Kier alpha value is -0.560. The van der Waals surface area contributed by atoms with Gasteiger partial charge >= 0.3 is 0 Å². The minimum absolute atomic E-state index is 0.692. The highest BCUT2D eigenvalue weighted by molar-refractivity contribution is 5.24. The van der Waals surface area contributed by atoms with Crippen LogP contribution in [0.3, 0.4) is 0 Å². The summed E-state index contributed by atoms with van der Waals surface area (Å²) in [5, 5.41) is 3.60. The van der Waals surface area contributed by atoms with Gasteiger partial charge in [-0.05, 0) is 75.7 Å². The molecule has 0 aromatic carbocycles. The van der Waals surface area contributed by atoms with Gasteiger partial charge in [0.15, 0.2) is 0 Å². The summed E-state index contributed by atoms with van der Waals surface area (Å²) in [5.74, 6) is 5.11. The fourth-order valence-electron chi connectivity index (χ4n) is 4.79. The first-order valence-electron chi connectivity index (χ1n) is 9.36. The predicted octanol–water partition coefficient (Wildman–Crippen LogP) is 5.44. The second-order valence-corrected chi connectivity index (χ2v) is 8.44. The molecule has 1 fully saturated rings. The van der Waals surface area contributed by atoms with E-state index in [4.69, 9.17) is 0 Å². The van der Waals surface area contributed by atoms with Crippen molar-refractivity contribution in [3.05, 3.63) is 23.3 Å². The van der Waals surface area contributed by atoms with E-state index >= 15 is 0 Å². The quantitative estimate of drug-likeness (QED) is 0.689.